The zero-order valence-corrected chi connectivity index (χ0v) is 19.6. The topological polar surface area (TPSA) is 104 Å². The lowest BCUT2D eigenvalue weighted by Gasteiger charge is -2.32. The highest BCUT2D eigenvalue weighted by Gasteiger charge is 2.22. The van der Waals surface area contributed by atoms with Crippen LogP contribution in [-0.4, -0.2) is 70.3 Å². The SMILES string of the molecule is CC(=O)N1CCC(Nc2cc(C(=O)NCCCCN3CCc4oc(C)nc4C3)ccn2)CC1. The Balaban J connectivity index is 1.15. The van der Waals surface area contributed by atoms with E-state index in [1.54, 1.807) is 25.3 Å². The summed E-state index contributed by atoms with van der Waals surface area (Å²) in [6, 6.07) is 3.81. The summed E-state index contributed by atoms with van der Waals surface area (Å²) in [5, 5.41) is 6.43. The highest BCUT2D eigenvalue weighted by Crippen LogP contribution is 2.20. The van der Waals surface area contributed by atoms with E-state index in [0.717, 1.165) is 82.2 Å². The maximum Gasteiger partial charge on any atom is 0.251 e. The van der Waals surface area contributed by atoms with Crippen molar-refractivity contribution in [2.75, 3.05) is 38.0 Å². The number of amides is 2. The number of unbranched alkanes of at least 4 members (excludes halogenated alkanes) is 1. The predicted molar refractivity (Wildman–Crippen MR) is 125 cm³/mol. The molecule has 0 atom stereocenters. The Morgan fingerprint density at radius 1 is 1.21 bits per heavy atom. The van der Waals surface area contributed by atoms with Crippen LogP contribution in [-0.2, 0) is 17.8 Å². The summed E-state index contributed by atoms with van der Waals surface area (Å²) in [7, 11) is 0. The molecular formula is C24H34N6O3. The normalized spacial score (nSPS) is 17.0. The molecule has 1 saturated heterocycles. The van der Waals surface area contributed by atoms with Crippen LogP contribution in [0, 0.1) is 6.92 Å². The molecule has 9 heteroatoms. The molecule has 2 aromatic heterocycles. The van der Waals surface area contributed by atoms with E-state index in [0.29, 0.717) is 17.9 Å². The molecule has 0 unspecified atom stereocenters. The van der Waals surface area contributed by atoms with E-state index in [1.165, 1.54) is 0 Å². The van der Waals surface area contributed by atoms with Crippen molar-refractivity contribution in [2.45, 2.75) is 58.5 Å². The molecule has 0 aromatic carbocycles. The molecule has 0 spiro atoms. The molecule has 2 amide bonds. The Kier molecular flexibility index (Phi) is 7.59. The van der Waals surface area contributed by atoms with Crippen LogP contribution >= 0.6 is 0 Å². The lowest BCUT2D eigenvalue weighted by Crippen LogP contribution is -2.41. The molecule has 2 aliphatic rings. The van der Waals surface area contributed by atoms with E-state index in [4.69, 9.17) is 4.42 Å². The fourth-order valence-corrected chi connectivity index (χ4v) is 4.54. The first-order valence-electron chi connectivity index (χ1n) is 11.9. The number of pyridine rings is 1. The van der Waals surface area contributed by atoms with Crippen molar-refractivity contribution in [3.05, 3.63) is 41.2 Å². The number of oxazole rings is 1. The summed E-state index contributed by atoms with van der Waals surface area (Å²) in [5.41, 5.74) is 1.68. The molecule has 0 radical (unpaired) electrons. The third kappa shape index (κ3) is 6.31. The number of hydrogen-bond acceptors (Lipinski definition) is 7. The van der Waals surface area contributed by atoms with Crippen molar-refractivity contribution in [3.8, 4) is 0 Å². The van der Waals surface area contributed by atoms with Gasteiger partial charge in [-0.15, -0.1) is 0 Å². The van der Waals surface area contributed by atoms with Gasteiger partial charge in [-0.25, -0.2) is 9.97 Å². The van der Waals surface area contributed by atoms with Gasteiger partial charge in [0, 0.05) is 70.8 Å². The third-order valence-electron chi connectivity index (χ3n) is 6.41. The van der Waals surface area contributed by atoms with Gasteiger partial charge >= 0.3 is 0 Å². The first kappa shape index (κ1) is 23.2. The van der Waals surface area contributed by atoms with E-state index in [2.05, 4.69) is 25.5 Å². The van der Waals surface area contributed by atoms with Crippen molar-refractivity contribution < 1.29 is 14.0 Å². The smallest absolute Gasteiger partial charge is 0.251 e. The van der Waals surface area contributed by atoms with Gasteiger partial charge in [-0.3, -0.25) is 14.5 Å². The summed E-state index contributed by atoms with van der Waals surface area (Å²) >= 11 is 0. The highest BCUT2D eigenvalue weighted by atomic mass is 16.4. The molecule has 2 aromatic rings. The Hall–Kier alpha value is -2.94. The molecular weight excluding hydrogens is 420 g/mol. The fourth-order valence-electron chi connectivity index (χ4n) is 4.54. The minimum absolute atomic E-state index is 0.0764. The summed E-state index contributed by atoms with van der Waals surface area (Å²) in [6.45, 7) is 8.50. The van der Waals surface area contributed by atoms with E-state index in [9.17, 15) is 9.59 Å². The van der Waals surface area contributed by atoms with Crippen LogP contribution in [0.2, 0.25) is 0 Å². The van der Waals surface area contributed by atoms with Gasteiger partial charge in [-0.05, 0) is 44.4 Å². The zero-order chi connectivity index (χ0) is 23.2. The quantitative estimate of drug-likeness (QED) is 0.590. The summed E-state index contributed by atoms with van der Waals surface area (Å²) < 4.78 is 5.62. The van der Waals surface area contributed by atoms with Crippen molar-refractivity contribution in [1.29, 1.82) is 0 Å². The van der Waals surface area contributed by atoms with Crippen LogP contribution in [0.4, 0.5) is 5.82 Å². The lowest BCUT2D eigenvalue weighted by atomic mass is 10.0. The van der Waals surface area contributed by atoms with Gasteiger partial charge in [0.05, 0.1) is 5.69 Å². The predicted octanol–water partition coefficient (Wildman–Crippen LogP) is 2.37. The third-order valence-corrected chi connectivity index (χ3v) is 6.41. The molecule has 2 N–H and O–H groups in total. The van der Waals surface area contributed by atoms with E-state index >= 15 is 0 Å². The van der Waals surface area contributed by atoms with Crippen LogP contribution in [0.25, 0.3) is 0 Å². The first-order valence-corrected chi connectivity index (χ1v) is 11.9. The van der Waals surface area contributed by atoms with Crippen LogP contribution in [0.5, 0.6) is 0 Å². The molecule has 4 rings (SSSR count). The molecule has 9 nitrogen and oxygen atoms in total. The number of aryl methyl sites for hydroxylation is 1. The minimum atomic E-state index is -0.0764. The first-order chi connectivity index (χ1) is 16.0. The van der Waals surface area contributed by atoms with Gasteiger partial charge in [0.15, 0.2) is 5.89 Å². The Bertz CT molecular complexity index is 967. The summed E-state index contributed by atoms with van der Waals surface area (Å²) in [4.78, 5) is 37.1. The van der Waals surface area contributed by atoms with Gasteiger partial charge in [0.25, 0.3) is 5.91 Å². The Labute approximate surface area is 194 Å². The van der Waals surface area contributed by atoms with Crippen molar-refractivity contribution in [3.63, 3.8) is 0 Å². The number of hydrogen-bond donors (Lipinski definition) is 2. The lowest BCUT2D eigenvalue weighted by molar-refractivity contribution is -0.129. The number of nitrogens with zero attached hydrogens (tertiary/aromatic N) is 4. The van der Waals surface area contributed by atoms with Gasteiger partial charge in [-0.1, -0.05) is 0 Å². The van der Waals surface area contributed by atoms with Gasteiger partial charge in [0.2, 0.25) is 5.91 Å². The number of aromatic nitrogens is 2. The van der Waals surface area contributed by atoms with Crippen LogP contribution in [0.15, 0.2) is 22.7 Å². The molecule has 0 saturated carbocycles. The van der Waals surface area contributed by atoms with Crippen molar-refractivity contribution in [1.82, 2.24) is 25.1 Å². The van der Waals surface area contributed by atoms with Gasteiger partial charge in [-0.2, -0.15) is 0 Å². The highest BCUT2D eigenvalue weighted by molar-refractivity contribution is 5.94. The summed E-state index contributed by atoms with van der Waals surface area (Å²) in [6.07, 6.45) is 6.30. The number of nitrogens with one attached hydrogen (secondary N) is 2. The average Bonchev–Trinajstić information content (AvgIpc) is 3.18. The standard InChI is InChI=1S/C24H34N6O3/c1-17-27-21-16-29(12-8-22(21)33-17)11-4-3-9-26-24(32)19-5-10-25-23(15-19)28-20-6-13-30(14-7-20)18(2)31/h5,10,15,20H,3-4,6-9,11-14,16H2,1-2H3,(H,25,28)(H,26,32). The second kappa shape index (κ2) is 10.8. The average molecular weight is 455 g/mol. The minimum Gasteiger partial charge on any atom is -0.446 e. The molecule has 0 bridgehead atoms. The summed E-state index contributed by atoms with van der Waals surface area (Å²) in [5.74, 6) is 2.53. The molecule has 4 heterocycles. The second-order valence-electron chi connectivity index (χ2n) is 8.95. The maximum absolute atomic E-state index is 12.6. The number of anilines is 1. The largest absolute Gasteiger partial charge is 0.446 e. The van der Waals surface area contributed by atoms with Crippen LogP contribution < -0.4 is 10.6 Å². The number of carbonyl (C=O) groups excluding carboxylic acids is 2. The van der Waals surface area contributed by atoms with Gasteiger partial charge in [0.1, 0.15) is 11.6 Å². The van der Waals surface area contributed by atoms with Gasteiger partial charge < -0.3 is 20.0 Å². The molecule has 178 valence electrons. The van der Waals surface area contributed by atoms with E-state index < -0.39 is 0 Å². The van der Waals surface area contributed by atoms with Crippen LogP contribution in [0.1, 0.15) is 60.3 Å². The molecule has 0 aliphatic carbocycles. The number of fused-ring (bicyclic) bond motifs is 1. The van der Waals surface area contributed by atoms with Crippen molar-refractivity contribution >= 4 is 17.6 Å². The van der Waals surface area contributed by atoms with Crippen LogP contribution in [0.3, 0.4) is 0 Å². The number of piperidine rings is 1. The second-order valence-corrected chi connectivity index (χ2v) is 8.95. The van der Waals surface area contributed by atoms with E-state index in [1.807, 2.05) is 11.8 Å². The molecule has 33 heavy (non-hydrogen) atoms. The zero-order valence-electron chi connectivity index (χ0n) is 19.6. The number of carbonyl (C=O) groups is 2. The Morgan fingerprint density at radius 2 is 2.03 bits per heavy atom. The number of likely N-dealkylation sites (tertiary alicyclic amines) is 1. The Morgan fingerprint density at radius 3 is 2.82 bits per heavy atom. The number of rotatable bonds is 8. The monoisotopic (exact) mass is 454 g/mol. The maximum atomic E-state index is 12.6. The van der Waals surface area contributed by atoms with Crippen molar-refractivity contribution in [2.24, 2.45) is 0 Å². The molecule has 2 aliphatic heterocycles. The van der Waals surface area contributed by atoms with E-state index in [-0.39, 0.29) is 17.9 Å². The fraction of sp³-hybridized carbons (Fsp3) is 0.583. The molecule has 1 fully saturated rings.